The zero-order chi connectivity index (χ0) is 14.9. The molecule has 1 heterocycles. The van der Waals surface area contributed by atoms with Crippen molar-refractivity contribution in [3.05, 3.63) is 64.9 Å². The molecule has 0 aliphatic heterocycles. The first-order valence-electron chi connectivity index (χ1n) is 6.74. The Hall–Kier alpha value is -1.86. The summed E-state index contributed by atoms with van der Waals surface area (Å²) in [6.45, 7) is 2.02. The minimum absolute atomic E-state index is 0.114. The van der Waals surface area contributed by atoms with Crippen LogP contribution in [0.5, 0.6) is 0 Å². The smallest absolute Gasteiger partial charge is 0.0609 e. The number of pyridine rings is 1. The van der Waals surface area contributed by atoms with Gasteiger partial charge in [-0.1, -0.05) is 29.5 Å². The minimum Gasteiger partial charge on any atom is -0.395 e. The maximum Gasteiger partial charge on any atom is 0.0609 e. The highest BCUT2D eigenvalue weighted by Gasteiger charge is 2.03. The van der Waals surface area contributed by atoms with E-state index >= 15 is 0 Å². The average molecular weight is 301 g/mol. The highest BCUT2D eigenvalue weighted by Crippen LogP contribution is 2.08. The van der Waals surface area contributed by atoms with Gasteiger partial charge in [0.15, 0.2) is 0 Å². The van der Waals surface area contributed by atoms with Crippen molar-refractivity contribution in [3.63, 3.8) is 0 Å². The molecule has 4 heteroatoms. The van der Waals surface area contributed by atoms with Gasteiger partial charge in [0.05, 0.1) is 13.2 Å². The van der Waals surface area contributed by atoms with Gasteiger partial charge in [0, 0.05) is 36.1 Å². The summed E-state index contributed by atoms with van der Waals surface area (Å²) in [4.78, 5) is 6.18. The Bertz CT molecular complexity index is 602. The molecule has 0 atom stereocenters. The quantitative estimate of drug-likeness (QED) is 0.862. The second-order valence-corrected chi connectivity index (χ2v) is 5.04. The molecule has 0 unspecified atom stereocenters. The van der Waals surface area contributed by atoms with Crippen LogP contribution in [0.3, 0.4) is 0 Å². The van der Waals surface area contributed by atoms with Gasteiger partial charge in [-0.25, -0.2) is 0 Å². The van der Waals surface area contributed by atoms with Crippen LogP contribution >= 0.6 is 11.6 Å². The van der Waals surface area contributed by atoms with E-state index in [9.17, 15) is 0 Å². The fourth-order valence-corrected chi connectivity index (χ4v) is 2.02. The van der Waals surface area contributed by atoms with Crippen LogP contribution in [0, 0.1) is 11.8 Å². The lowest BCUT2D eigenvalue weighted by Crippen LogP contribution is -2.26. The van der Waals surface area contributed by atoms with Gasteiger partial charge in [0.25, 0.3) is 0 Å². The van der Waals surface area contributed by atoms with E-state index in [-0.39, 0.29) is 6.61 Å². The van der Waals surface area contributed by atoms with E-state index in [4.69, 9.17) is 16.7 Å². The molecular weight excluding hydrogens is 284 g/mol. The average Bonchev–Trinajstić information content (AvgIpc) is 2.50. The van der Waals surface area contributed by atoms with Crippen LogP contribution in [0.25, 0.3) is 0 Å². The summed E-state index contributed by atoms with van der Waals surface area (Å²) in [7, 11) is 0. The zero-order valence-corrected chi connectivity index (χ0v) is 12.4. The monoisotopic (exact) mass is 300 g/mol. The standard InChI is InChI=1S/C17H17ClN2O/c18-17-7-5-15(6-8-17)4-2-10-20(11-12-21)14-16-3-1-9-19-13-16/h1,3,5-9,13,21H,10-12,14H2. The van der Waals surface area contributed by atoms with Gasteiger partial charge >= 0.3 is 0 Å². The Morgan fingerprint density at radius 2 is 2.00 bits per heavy atom. The van der Waals surface area contributed by atoms with Crippen molar-refractivity contribution in [2.24, 2.45) is 0 Å². The highest BCUT2D eigenvalue weighted by molar-refractivity contribution is 6.30. The number of benzene rings is 1. The lowest BCUT2D eigenvalue weighted by Gasteiger charge is -2.18. The molecule has 2 aromatic rings. The van der Waals surface area contributed by atoms with Crippen LogP contribution in [0.15, 0.2) is 48.8 Å². The van der Waals surface area contributed by atoms with Crippen molar-refractivity contribution in [2.45, 2.75) is 6.54 Å². The topological polar surface area (TPSA) is 36.4 Å². The lowest BCUT2D eigenvalue weighted by molar-refractivity contribution is 0.205. The molecule has 0 radical (unpaired) electrons. The predicted molar refractivity (Wildman–Crippen MR) is 84.9 cm³/mol. The van der Waals surface area contributed by atoms with E-state index in [2.05, 4.69) is 21.7 Å². The van der Waals surface area contributed by atoms with Crippen LogP contribution in [0.4, 0.5) is 0 Å². The van der Waals surface area contributed by atoms with Crippen molar-refractivity contribution in [1.82, 2.24) is 9.88 Å². The van der Waals surface area contributed by atoms with Gasteiger partial charge in [0.2, 0.25) is 0 Å². The molecule has 1 aromatic carbocycles. The van der Waals surface area contributed by atoms with E-state index in [1.165, 1.54) is 0 Å². The Morgan fingerprint density at radius 3 is 2.67 bits per heavy atom. The third kappa shape index (κ3) is 5.57. The van der Waals surface area contributed by atoms with Crippen LogP contribution in [-0.4, -0.2) is 34.7 Å². The first-order valence-corrected chi connectivity index (χ1v) is 7.12. The summed E-state index contributed by atoms with van der Waals surface area (Å²) in [5.74, 6) is 6.23. The van der Waals surface area contributed by atoms with Crippen molar-refractivity contribution in [3.8, 4) is 11.8 Å². The summed E-state index contributed by atoms with van der Waals surface area (Å²) in [5, 5.41) is 9.85. The summed E-state index contributed by atoms with van der Waals surface area (Å²) in [6.07, 6.45) is 3.58. The Labute approximate surface area is 130 Å². The summed E-state index contributed by atoms with van der Waals surface area (Å²) < 4.78 is 0. The highest BCUT2D eigenvalue weighted by atomic mass is 35.5. The molecule has 1 N–H and O–H groups in total. The molecule has 0 aliphatic carbocycles. The van der Waals surface area contributed by atoms with Gasteiger partial charge < -0.3 is 5.11 Å². The Balaban J connectivity index is 1.95. The molecule has 3 nitrogen and oxygen atoms in total. The maximum absolute atomic E-state index is 9.14. The van der Waals surface area contributed by atoms with Gasteiger partial charge in [-0.15, -0.1) is 0 Å². The molecule has 0 aliphatic rings. The molecule has 0 spiro atoms. The summed E-state index contributed by atoms with van der Waals surface area (Å²) >= 11 is 5.84. The normalized spacial score (nSPS) is 10.2. The Morgan fingerprint density at radius 1 is 1.19 bits per heavy atom. The van der Waals surface area contributed by atoms with E-state index in [1.807, 2.05) is 42.6 Å². The molecule has 1 aromatic heterocycles. The number of hydrogen-bond donors (Lipinski definition) is 1. The van der Waals surface area contributed by atoms with Gasteiger partial charge in [-0.3, -0.25) is 9.88 Å². The first kappa shape index (κ1) is 15.5. The van der Waals surface area contributed by atoms with Crippen molar-refractivity contribution in [2.75, 3.05) is 19.7 Å². The molecule has 2 rings (SSSR count). The zero-order valence-electron chi connectivity index (χ0n) is 11.7. The van der Waals surface area contributed by atoms with Crippen molar-refractivity contribution < 1.29 is 5.11 Å². The lowest BCUT2D eigenvalue weighted by atomic mass is 10.2. The minimum atomic E-state index is 0.114. The fraction of sp³-hybridized carbons (Fsp3) is 0.235. The van der Waals surface area contributed by atoms with Crippen LogP contribution in [-0.2, 0) is 6.54 Å². The van der Waals surface area contributed by atoms with Crippen LogP contribution in [0.2, 0.25) is 5.02 Å². The van der Waals surface area contributed by atoms with E-state index in [1.54, 1.807) is 6.20 Å². The summed E-state index contributed by atoms with van der Waals surface area (Å²) in [5.41, 5.74) is 2.05. The molecular formula is C17H17ClN2O. The number of aliphatic hydroxyl groups is 1. The van der Waals surface area contributed by atoms with Gasteiger partial charge in [-0.2, -0.15) is 0 Å². The van der Waals surface area contributed by atoms with Gasteiger partial charge in [0.1, 0.15) is 0 Å². The second kappa shape index (κ2) is 8.43. The molecule has 108 valence electrons. The molecule has 0 saturated heterocycles. The van der Waals surface area contributed by atoms with Gasteiger partial charge in [-0.05, 0) is 35.9 Å². The van der Waals surface area contributed by atoms with Crippen LogP contribution in [0.1, 0.15) is 11.1 Å². The van der Waals surface area contributed by atoms with Crippen molar-refractivity contribution in [1.29, 1.82) is 0 Å². The molecule has 0 bridgehead atoms. The fourth-order valence-electron chi connectivity index (χ4n) is 1.89. The van der Waals surface area contributed by atoms with Crippen LogP contribution < -0.4 is 0 Å². The predicted octanol–water partition coefficient (Wildman–Crippen LogP) is 2.58. The number of nitrogens with zero attached hydrogens (tertiary/aromatic N) is 2. The number of halogens is 1. The van der Waals surface area contributed by atoms with E-state index in [0.29, 0.717) is 18.1 Å². The SMILES string of the molecule is OCCN(CC#Cc1ccc(Cl)cc1)Cc1cccnc1. The van der Waals surface area contributed by atoms with E-state index < -0.39 is 0 Å². The summed E-state index contributed by atoms with van der Waals surface area (Å²) in [6, 6.07) is 11.4. The molecule has 21 heavy (non-hydrogen) atoms. The largest absolute Gasteiger partial charge is 0.395 e. The third-order valence-corrected chi connectivity index (χ3v) is 3.18. The van der Waals surface area contributed by atoms with Crippen molar-refractivity contribution >= 4 is 11.6 Å². The second-order valence-electron chi connectivity index (χ2n) is 4.60. The van der Waals surface area contributed by atoms with E-state index in [0.717, 1.165) is 17.7 Å². The molecule has 0 saturated carbocycles. The first-order chi connectivity index (χ1) is 10.3. The number of aromatic nitrogens is 1. The third-order valence-electron chi connectivity index (χ3n) is 2.92. The number of rotatable bonds is 5. The molecule has 0 fully saturated rings. The Kier molecular flexibility index (Phi) is 6.23. The number of aliphatic hydroxyl groups excluding tert-OH is 1. The maximum atomic E-state index is 9.14. The molecule has 0 amide bonds. The number of hydrogen-bond acceptors (Lipinski definition) is 3.